The third-order valence-electron chi connectivity index (χ3n) is 3.23. The largest absolute Gasteiger partial charge is 0.494 e. The molecule has 0 fully saturated rings. The number of nitrogens with zero attached hydrogens (tertiary/aromatic N) is 1. The van der Waals surface area contributed by atoms with Crippen molar-refractivity contribution in [2.24, 2.45) is 0 Å². The predicted molar refractivity (Wildman–Crippen MR) is 89.2 cm³/mol. The number of hydrogen-bond acceptors (Lipinski definition) is 3. The second-order valence-corrected chi connectivity index (χ2v) is 5.06. The van der Waals surface area contributed by atoms with E-state index in [9.17, 15) is 9.59 Å². The lowest BCUT2D eigenvalue weighted by Gasteiger charge is -2.16. The number of carbonyl (C=O) groups excluding carboxylic acids is 2. The van der Waals surface area contributed by atoms with Crippen LogP contribution in [-0.2, 0) is 16.1 Å². The van der Waals surface area contributed by atoms with E-state index in [0.29, 0.717) is 18.8 Å². The molecule has 0 aliphatic carbocycles. The Hall–Kier alpha value is -2.82. The molecule has 0 heterocycles. The molecule has 0 unspecified atom stereocenters. The average Bonchev–Trinajstić information content (AvgIpc) is 2.57. The van der Waals surface area contributed by atoms with Crippen LogP contribution >= 0.6 is 0 Å². The number of benzene rings is 2. The maximum absolute atomic E-state index is 12.1. The second-order valence-electron chi connectivity index (χ2n) is 5.06. The van der Waals surface area contributed by atoms with Gasteiger partial charge in [0.15, 0.2) is 0 Å². The van der Waals surface area contributed by atoms with Crippen LogP contribution in [-0.4, -0.2) is 30.4 Å². The third kappa shape index (κ3) is 4.85. The van der Waals surface area contributed by atoms with Gasteiger partial charge in [-0.1, -0.05) is 30.3 Å². The van der Waals surface area contributed by atoms with Crippen molar-refractivity contribution in [1.29, 1.82) is 0 Å². The van der Waals surface area contributed by atoms with Gasteiger partial charge in [0.05, 0.1) is 6.61 Å². The minimum atomic E-state index is -0.660. The van der Waals surface area contributed by atoms with E-state index in [1.807, 2.05) is 37.3 Å². The summed E-state index contributed by atoms with van der Waals surface area (Å²) in [7, 11) is 1.60. The SMILES string of the molecule is CCOc1ccc(NC(=O)C(=O)N(C)Cc2ccccc2)cc1. The smallest absolute Gasteiger partial charge is 0.313 e. The zero-order chi connectivity index (χ0) is 16.7. The Balaban J connectivity index is 1.92. The Bertz CT molecular complexity index is 654. The molecule has 0 aromatic heterocycles. The Labute approximate surface area is 135 Å². The van der Waals surface area contributed by atoms with Crippen molar-refractivity contribution in [2.75, 3.05) is 19.0 Å². The molecule has 2 aromatic rings. The molecular weight excluding hydrogens is 292 g/mol. The van der Waals surface area contributed by atoms with Gasteiger partial charge in [0.1, 0.15) is 5.75 Å². The highest BCUT2D eigenvalue weighted by Crippen LogP contribution is 2.15. The summed E-state index contributed by atoms with van der Waals surface area (Å²) in [6, 6.07) is 16.4. The topological polar surface area (TPSA) is 58.6 Å². The van der Waals surface area contributed by atoms with Gasteiger partial charge >= 0.3 is 11.8 Å². The van der Waals surface area contributed by atoms with Crippen molar-refractivity contribution in [2.45, 2.75) is 13.5 Å². The van der Waals surface area contributed by atoms with Crippen LogP contribution in [0.15, 0.2) is 54.6 Å². The fourth-order valence-electron chi connectivity index (χ4n) is 2.09. The first-order valence-electron chi connectivity index (χ1n) is 7.43. The summed E-state index contributed by atoms with van der Waals surface area (Å²) in [4.78, 5) is 25.5. The molecule has 0 atom stereocenters. The fourth-order valence-corrected chi connectivity index (χ4v) is 2.09. The molecule has 0 radical (unpaired) electrons. The molecule has 5 nitrogen and oxygen atoms in total. The first-order chi connectivity index (χ1) is 11.1. The minimum Gasteiger partial charge on any atom is -0.494 e. The van der Waals surface area contributed by atoms with Crippen molar-refractivity contribution in [1.82, 2.24) is 4.90 Å². The summed E-state index contributed by atoms with van der Waals surface area (Å²) in [6.45, 7) is 2.86. The number of nitrogens with one attached hydrogen (secondary N) is 1. The number of rotatable bonds is 5. The lowest BCUT2D eigenvalue weighted by atomic mass is 10.2. The number of carbonyl (C=O) groups is 2. The van der Waals surface area contributed by atoms with Crippen LogP contribution in [0.2, 0.25) is 0 Å². The molecule has 1 N–H and O–H groups in total. The quantitative estimate of drug-likeness (QED) is 0.864. The Morgan fingerprint density at radius 3 is 2.30 bits per heavy atom. The maximum atomic E-state index is 12.1. The van der Waals surface area contributed by atoms with Crippen LogP contribution in [0, 0.1) is 0 Å². The molecule has 2 amide bonds. The first kappa shape index (κ1) is 16.5. The van der Waals surface area contributed by atoms with Gasteiger partial charge in [-0.15, -0.1) is 0 Å². The Morgan fingerprint density at radius 2 is 1.70 bits per heavy atom. The maximum Gasteiger partial charge on any atom is 0.313 e. The molecule has 0 aliphatic rings. The number of likely N-dealkylation sites (N-methyl/N-ethyl adjacent to an activating group) is 1. The summed E-state index contributed by atoms with van der Waals surface area (Å²) >= 11 is 0. The monoisotopic (exact) mass is 312 g/mol. The van der Waals surface area contributed by atoms with E-state index in [-0.39, 0.29) is 0 Å². The van der Waals surface area contributed by atoms with Crippen molar-refractivity contribution in [3.63, 3.8) is 0 Å². The molecule has 5 heteroatoms. The predicted octanol–water partition coefficient (Wildman–Crippen LogP) is 2.68. The first-order valence-corrected chi connectivity index (χ1v) is 7.43. The zero-order valence-corrected chi connectivity index (χ0v) is 13.3. The van der Waals surface area contributed by atoms with Crippen molar-refractivity contribution in [3.05, 3.63) is 60.2 Å². The van der Waals surface area contributed by atoms with Gasteiger partial charge in [0.2, 0.25) is 0 Å². The Kier molecular flexibility index (Phi) is 5.74. The lowest BCUT2D eigenvalue weighted by molar-refractivity contribution is -0.142. The van der Waals surface area contributed by atoms with Crippen molar-refractivity contribution < 1.29 is 14.3 Å². The summed E-state index contributed by atoms with van der Waals surface area (Å²) in [5.74, 6) is -0.520. The Morgan fingerprint density at radius 1 is 1.04 bits per heavy atom. The number of anilines is 1. The van der Waals surface area contributed by atoms with Crippen LogP contribution in [0.4, 0.5) is 5.69 Å². The van der Waals surface area contributed by atoms with Gasteiger partial charge in [-0.05, 0) is 36.8 Å². The van der Waals surface area contributed by atoms with Crippen LogP contribution in [0.3, 0.4) is 0 Å². The average molecular weight is 312 g/mol. The van der Waals surface area contributed by atoms with E-state index < -0.39 is 11.8 Å². The minimum absolute atomic E-state index is 0.385. The van der Waals surface area contributed by atoms with E-state index in [2.05, 4.69) is 5.32 Å². The lowest BCUT2D eigenvalue weighted by Crippen LogP contribution is -2.36. The molecule has 120 valence electrons. The van der Waals surface area contributed by atoms with Crippen molar-refractivity contribution >= 4 is 17.5 Å². The molecule has 2 rings (SSSR count). The molecule has 2 aromatic carbocycles. The van der Waals surface area contributed by atoms with Gasteiger partial charge in [-0.3, -0.25) is 9.59 Å². The zero-order valence-electron chi connectivity index (χ0n) is 13.3. The molecule has 0 bridgehead atoms. The second kappa shape index (κ2) is 7.98. The number of hydrogen-bond donors (Lipinski definition) is 1. The summed E-state index contributed by atoms with van der Waals surface area (Å²) in [5.41, 5.74) is 1.53. The summed E-state index contributed by atoms with van der Waals surface area (Å²) in [5, 5.41) is 2.59. The van der Waals surface area contributed by atoms with Crippen LogP contribution in [0.5, 0.6) is 5.75 Å². The van der Waals surface area contributed by atoms with Gasteiger partial charge in [0.25, 0.3) is 0 Å². The highest BCUT2D eigenvalue weighted by molar-refractivity contribution is 6.39. The van der Waals surface area contributed by atoms with Gasteiger partial charge in [-0.2, -0.15) is 0 Å². The van der Waals surface area contributed by atoms with Crippen molar-refractivity contribution in [3.8, 4) is 5.75 Å². The van der Waals surface area contributed by atoms with E-state index in [0.717, 1.165) is 11.3 Å². The number of amides is 2. The van der Waals surface area contributed by atoms with E-state index in [1.165, 1.54) is 4.90 Å². The number of ether oxygens (including phenoxy) is 1. The molecular formula is C18H20N2O3. The van der Waals surface area contributed by atoms with Gasteiger partial charge in [0, 0.05) is 19.3 Å². The molecule has 0 spiro atoms. The molecule has 0 saturated heterocycles. The molecule has 23 heavy (non-hydrogen) atoms. The van der Waals surface area contributed by atoms with Crippen LogP contribution in [0.25, 0.3) is 0 Å². The normalized spacial score (nSPS) is 10.0. The fraction of sp³-hybridized carbons (Fsp3) is 0.222. The van der Waals surface area contributed by atoms with E-state index in [1.54, 1.807) is 31.3 Å². The van der Waals surface area contributed by atoms with Gasteiger partial charge in [-0.25, -0.2) is 0 Å². The highest BCUT2D eigenvalue weighted by atomic mass is 16.5. The molecule has 0 aliphatic heterocycles. The van der Waals surface area contributed by atoms with E-state index >= 15 is 0 Å². The highest BCUT2D eigenvalue weighted by Gasteiger charge is 2.18. The van der Waals surface area contributed by atoms with Gasteiger partial charge < -0.3 is 15.0 Å². The van der Waals surface area contributed by atoms with Crippen LogP contribution < -0.4 is 10.1 Å². The standard InChI is InChI=1S/C18H20N2O3/c1-3-23-16-11-9-15(10-12-16)19-17(21)18(22)20(2)13-14-7-5-4-6-8-14/h4-12H,3,13H2,1-2H3,(H,19,21). The third-order valence-corrected chi connectivity index (χ3v) is 3.23. The molecule has 0 saturated carbocycles. The van der Waals surface area contributed by atoms with E-state index in [4.69, 9.17) is 4.74 Å². The summed E-state index contributed by atoms with van der Waals surface area (Å²) in [6.07, 6.45) is 0. The summed E-state index contributed by atoms with van der Waals surface area (Å²) < 4.78 is 5.33. The van der Waals surface area contributed by atoms with Crippen LogP contribution in [0.1, 0.15) is 12.5 Å².